The van der Waals surface area contributed by atoms with Gasteiger partial charge < -0.3 is 30.0 Å². The highest BCUT2D eigenvalue weighted by Crippen LogP contribution is 2.44. The van der Waals surface area contributed by atoms with Crippen molar-refractivity contribution in [1.82, 2.24) is 0 Å². The van der Waals surface area contributed by atoms with E-state index in [1.165, 1.54) is 0 Å². The number of ether oxygens (including phenoxy) is 1. The van der Waals surface area contributed by atoms with Gasteiger partial charge >= 0.3 is 5.97 Å². The van der Waals surface area contributed by atoms with Gasteiger partial charge in [-0.05, 0) is 49.2 Å². The maximum Gasteiger partial charge on any atom is 0.308 e. The number of rotatable bonds is 10. The molecule has 9 atom stereocenters. The van der Waals surface area contributed by atoms with Crippen molar-refractivity contribution < 1.29 is 34.8 Å². The van der Waals surface area contributed by atoms with Crippen LogP contribution in [0.2, 0.25) is 0 Å². The number of fused-ring (bicyclic) bond motifs is 1. The lowest BCUT2D eigenvalue weighted by Gasteiger charge is -2.43. The highest BCUT2D eigenvalue weighted by atomic mass is 16.5. The second kappa shape index (κ2) is 11.2. The molecule has 2 aliphatic carbocycles. The largest absolute Gasteiger partial charge is 0.845 e. The fourth-order valence-electron chi connectivity index (χ4n) is 4.42. The Bertz CT molecular complexity index is 643. The molecule has 0 aromatic heterocycles. The Hall–Kier alpha value is -1.54. The van der Waals surface area contributed by atoms with Gasteiger partial charge in [0.15, 0.2) is 0 Å². The molecule has 0 spiro atoms. The van der Waals surface area contributed by atoms with Gasteiger partial charge in [-0.2, -0.15) is 0 Å². The average molecular weight is 424 g/mol. The molecule has 2 aliphatic rings. The maximum atomic E-state index is 12.4. The smallest absolute Gasteiger partial charge is 0.308 e. The van der Waals surface area contributed by atoms with E-state index in [-0.39, 0.29) is 42.3 Å². The first-order valence-corrected chi connectivity index (χ1v) is 10.9. The summed E-state index contributed by atoms with van der Waals surface area (Å²) >= 11 is 0. The van der Waals surface area contributed by atoms with Gasteiger partial charge in [-0.1, -0.05) is 39.0 Å². The summed E-state index contributed by atoms with van der Waals surface area (Å²) in [7, 11) is 0. The molecule has 0 bridgehead atoms. The van der Waals surface area contributed by atoms with Crippen molar-refractivity contribution in [2.75, 3.05) is 0 Å². The van der Waals surface area contributed by atoms with Crippen LogP contribution in [0.15, 0.2) is 23.8 Å². The van der Waals surface area contributed by atoms with Crippen molar-refractivity contribution in [2.24, 2.45) is 23.7 Å². The van der Waals surface area contributed by atoms with E-state index < -0.39 is 30.5 Å². The van der Waals surface area contributed by atoms with Gasteiger partial charge in [0, 0.05) is 12.3 Å². The maximum absolute atomic E-state index is 12.4. The molecule has 0 aliphatic heterocycles. The van der Waals surface area contributed by atoms with Gasteiger partial charge in [0.05, 0.1) is 24.2 Å². The van der Waals surface area contributed by atoms with E-state index in [4.69, 9.17) is 4.74 Å². The zero-order valence-corrected chi connectivity index (χ0v) is 18.0. The molecule has 0 radical (unpaired) electrons. The quantitative estimate of drug-likeness (QED) is 0.352. The predicted molar refractivity (Wildman–Crippen MR) is 109 cm³/mol. The predicted octanol–water partition coefficient (Wildman–Crippen LogP) is 0.893. The molecular weight excluding hydrogens is 388 g/mol. The highest BCUT2D eigenvalue weighted by molar-refractivity contribution is 5.72. The van der Waals surface area contributed by atoms with Crippen LogP contribution in [0.4, 0.5) is 0 Å². The van der Waals surface area contributed by atoms with Crippen molar-refractivity contribution in [3.05, 3.63) is 23.8 Å². The van der Waals surface area contributed by atoms with Gasteiger partial charge in [-0.25, -0.2) is 0 Å². The molecule has 3 N–H and O–H groups in total. The molecule has 170 valence electrons. The van der Waals surface area contributed by atoms with E-state index in [0.29, 0.717) is 25.7 Å². The standard InChI is InChI=1S/C23H35O7/c1-4-13(2)23(29)30-21-11-17(26)9-15-6-5-14(3)18(22(15)21)8-7-16(25)10-19(27)20(28)12-24/h5-6,9,12-14,16-22,25-27H,4,7-8,10-11H2,1-3H3/q-1/t13-,14-,16+,17-,18-,19+,20?,21?,22-/m0/s1. The monoisotopic (exact) mass is 423 g/mol. The minimum Gasteiger partial charge on any atom is -0.845 e. The third-order valence-corrected chi connectivity index (χ3v) is 6.52. The zero-order valence-electron chi connectivity index (χ0n) is 18.0. The molecule has 0 heterocycles. The summed E-state index contributed by atoms with van der Waals surface area (Å²) in [5.41, 5.74) is 0.939. The van der Waals surface area contributed by atoms with Crippen LogP contribution < -0.4 is 5.11 Å². The third kappa shape index (κ3) is 6.23. The summed E-state index contributed by atoms with van der Waals surface area (Å²) in [4.78, 5) is 22.9. The summed E-state index contributed by atoms with van der Waals surface area (Å²) in [6, 6.07) is 0. The first kappa shape index (κ1) is 24.7. The van der Waals surface area contributed by atoms with E-state index in [1.54, 1.807) is 6.08 Å². The molecule has 0 amide bonds. The van der Waals surface area contributed by atoms with Crippen molar-refractivity contribution in [3.8, 4) is 0 Å². The Morgan fingerprint density at radius 1 is 1.40 bits per heavy atom. The van der Waals surface area contributed by atoms with Crippen LogP contribution in [-0.2, 0) is 14.3 Å². The number of carbonyl (C=O) groups is 2. The Labute approximate surface area is 178 Å². The second-order valence-corrected chi connectivity index (χ2v) is 8.80. The van der Waals surface area contributed by atoms with Gasteiger partial charge in [-0.3, -0.25) is 4.79 Å². The van der Waals surface area contributed by atoms with E-state index in [0.717, 1.165) is 5.57 Å². The van der Waals surface area contributed by atoms with Gasteiger partial charge in [0.25, 0.3) is 0 Å². The number of hydrogen-bond donors (Lipinski definition) is 3. The Morgan fingerprint density at radius 2 is 2.10 bits per heavy atom. The summed E-state index contributed by atoms with van der Waals surface area (Å²) in [5, 5.41) is 41.5. The minimum absolute atomic E-state index is 0.0735. The van der Waals surface area contributed by atoms with E-state index in [1.807, 2.05) is 19.9 Å². The fourth-order valence-corrected chi connectivity index (χ4v) is 4.42. The van der Waals surface area contributed by atoms with E-state index in [2.05, 4.69) is 13.0 Å². The third-order valence-electron chi connectivity index (χ3n) is 6.52. The number of aliphatic hydroxyl groups is 3. The molecular formula is C23H35O7-. The lowest BCUT2D eigenvalue weighted by Crippen LogP contribution is -2.43. The zero-order chi connectivity index (χ0) is 22.4. The lowest BCUT2D eigenvalue weighted by molar-refractivity contribution is -0.418. The summed E-state index contributed by atoms with van der Waals surface area (Å²) in [6.45, 7) is 5.81. The molecule has 0 saturated carbocycles. The number of aldehydes is 1. The Kier molecular flexibility index (Phi) is 9.22. The van der Waals surface area contributed by atoms with Crippen LogP contribution in [0.3, 0.4) is 0 Å². The number of allylic oxidation sites excluding steroid dienone is 2. The molecule has 2 rings (SSSR count). The first-order valence-electron chi connectivity index (χ1n) is 10.9. The summed E-state index contributed by atoms with van der Waals surface area (Å²) in [5.74, 6) is -0.320. The Morgan fingerprint density at radius 3 is 2.73 bits per heavy atom. The Balaban J connectivity index is 2.11. The molecule has 7 heteroatoms. The number of esters is 1. The molecule has 0 aromatic rings. The van der Waals surface area contributed by atoms with Crippen LogP contribution in [0.25, 0.3) is 0 Å². The minimum atomic E-state index is -1.75. The molecule has 0 fully saturated rings. The second-order valence-electron chi connectivity index (χ2n) is 8.80. The van der Waals surface area contributed by atoms with Crippen molar-refractivity contribution in [2.45, 2.75) is 83.4 Å². The fraction of sp³-hybridized carbons (Fsp3) is 0.739. The summed E-state index contributed by atoms with van der Waals surface area (Å²) in [6.07, 6.45) is 2.61. The average Bonchev–Trinajstić information content (AvgIpc) is 2.71. The van der Waals surface area contributed by atoms with Crippen molar-refractivity contribution in [1.29, 1.82) is 0 Å². The molecule has 0 saturated heterocycles. The molecule has 30 heavy (non-hydrogen) atoms. The number of aliphatic hydroxyl groups excluding tert-OH is 3. The SMILES string of the molecule is CC[C@H](C)C(=O)OC1C[C@@H](O)C=C2C=C[C@H](C)[C@H](CC[C@@H](O)C[C@@H](O)C([O-])C=O)[C@H]21. The van der Waals surface area contributed by atoms with Gasteiger partial charge in [0.1, 0.15) is 12.4 Å². The highest BCUT2D eigenvalue weighted by Gasteiger charge is 2.42. The van der Waals surface area contributed by atoms with Crippen LogP contribution in [0.1, 0.15) is 52.9 Å². The molecule has 0 aromatic carbocycles. The summed E-state index contributed by atoms with van der Waals surface area (Å²) < 4.78 is 5.82. The molecule has 2 unspecified atom stereocenters. The van der Waals surface area contributed by atoms with Crippen LogP contribution in [0.5, 0.6) is 0 Å². The topological polar surface area (TPSA) is 127 Å². The van der Waals surface area contributed by atoms with Gasteiger partial charge in [-0.15, -0.1) is 0 Å². The van der Waals surface area contributed by atoms with Gasteiger partial charge in [0.2, 0.25) is 0 Å². The van der Waals surface area contributed by atoms with Crippen LogP contribution >= 0.6 is 0 Å². The number of carbonyl (C=O) groups excluding carboxylic acids is 2. The normalized spacial score (nSPS) is 32.4. The van der Waals surface area contributed by atoms with Crippen molar-refractivity contribution >= 4 is 12.3 Å². The lowest BCUT2D eigenvalue weighted by atomic mass is 9.66. The first-order chi connectivity index (χ1) is 14.2. The van der Waals surface area contributed by atoms with Crippen LogP contribution in [-0.4, -0.2) is 58.1 Å². The molecule has 7 nitrogen and oxygen atoms in total. The van der Waals surface area contributed by atoms with E-state index >= 15 is 0 Å². The van der Waals surface area contributed by atoms with Crippen molar-refractivity contribution in [3.63, 3.8) is 0 Å². The van der Waals surface area contributed by atoms with Crippen LogP contribution in [0, 0.1) is 23.7 Å². The van der Waals surface area contributed by atoms with E-state index in [9.17, 15) is 30.0 Å². The number of hydrogen-bond acceptors (Lipinski definition) is 7.